The van der Waals surface area contributed by atoms with Crippen LogP contribution in [0.25, 0.3) is 0 Å². The molecule has 0 bridgehead atoms. The number of carbonyl (C=O) groups excluding carboxylic acids is 1. The van der Waals surface area contributed by atoms with Gasteiger partial charge in [0.05, 0.1) is 10.6 Å². The van der Waals surface area contributed by atoms with Crippen LogP contribution in [0.1, 0.15) is 49.0 Å². The van der Waals surface area contributed by atoms with Gasteiger partial charge in [-0.25, -0.2) is 8.42 Å². The first-order chi connectivity index (χ1) is 13.2. The van der Waals surface area contributed by atoms with E-state index in [0.29, 0.717) is 54.1 Å². The number of benzene rings is 1. The molecule has 0 unspecified atom stereocenters. The van der Waals surface area contributed by atoms with Gasteiger partial charge in [0.25, 0.3) is 5.91 Å². The van der Waals surface area contributed by atoms with E-state index < -0.39 is 10.0 Å². The summed E-state index contributed by atoms with van der Waals surface area (Å²) in [7, 11) is -3.54. The lowest BCUT2D eigenvalue weighted by atomic mass is 9.94. The predicted molar refractivity (Wildman–Crippen MR) is 107 cm³/mol. The summed E-state index contributed by atoms with van der Waals surface area (Å²) in [5.41, 5.74) is 1.55. The van der Waals surface area contributed by atoms with Crippen molar-refractivity contribution in [2.45, 2.75) is 45.4 Å². The first-order valence-corrected chi connectivity index (χ1v) is 11.0. The van der Waals surface area contributed by atoms with Crippen molar-refractivity contribution in [3.63, 3.8) is 0 Å². The molecule has 1 aromatic carbocycles. The Bertz CT molecular complexity index is 940. The Balaban J connectivity index is 1.76. The van der Waals surface area contributed by atoms with E-state index in [4.69, 9.17) is 4.52 Å². The maximum Gasteiger partial charge on any atom is 0.261 e. The largest absolute Gasteiger partial charge is 0.361 e. The van der Waals surface area contributed by atoms with Gasteiger partial charge in [0.15, 0.2) is 0 Å². The Morgan fingerprint density at radius 3 is 2.39 bits per heavy atom. The van der Waals surface area contributed by atoms with Gasteiger partial charge in [-0.3, -0.25) is 4.79 Å². The van der Waals surface area contributed by atoms with Crippen LogP contribution in [0.3, 0.4) is 0 Å². The minimum atomic E-state index is -3.54. The smallest absolute Gasteiger partial charge is 0.261 e. The molecule has 0 radical (unpaired) electrons. The number of nitrogens with zero attached hydrogens (tertiary/aromatic N) is 2. The number of amides is 1. The van der Waals surface area contributed by atoms with Crippen LogP contribution in [-0.4, -0.2) is 36.9 Å². The molecule has 28 heavy (non-hydrogen) atoms. The molecule has 1 aliphatic rings. The van der Waals surface area contributed by atoms with Crippen LogP contribution < -0.4 is 5.32 Å². The summed E-state index contributed by atoms with van der Waals surface area (Å²) < 4.78 is 32.6. The standard InChI is InChI=1S/C20H27N3O4S/c1-5-18-19(15(4)27-22-18)20(24)21-16-6-8-17(9-7-16)28(25,26)23-11-13(2)10-14(3)12-23/h6-9,13-14H,5,10-12H2,1-4H3,(H,21,24)/t13-,14-/m0/s1. The highest BCUT2D eigenvalue weighted by molar-refractivity contribution is 7.89. The van der Waals surface area contributed by atoms with Gasteiger partial charge in [-0.05, 0) is 55.9 Å². The zero-order chi connectivity index (χ0) is 20.5. The van der Waals surface area contributed by atoms with E-state index in [2.05, 4.69) is 24.3 Å². The monoisotopic (exact) mass is 405 g/mol. The fourth-order valence-corrected chi connectivity index (χ4v) is 5.48. The molecule has 2 heterocycles. The third kappa shape index (κ3) is 4.12. The second kappa shape index (κ2) is 8.05. The number of anilines is 1. The average molecular weight is 406 g/mol. The molecule has 2 atom stereocenters. The molecular formula is C20H27N3O4S. The van der Waals surface area contributed by atoms with Gasteiger partial charge in [-0.15, -0.1) is 0 Å². The van der Waals surface area contributed by atoms with Crippen LogP contribution in [0, 0.1) is 18.8 Å². The minimum Gasteiger partial charge on any atom is -0.361 e. The highest BCUT2D eigenvalue weighted by Crippen LogP contribution is 2.27. The van der Waals surface area contributed by atoms with Crippen LogP contribution in [0.15, 0.2) is 33.7 Å². The number of rotatable bonds is 5. The third-order valence-corrected chi connectivity index (χ3v) is 6.93. The number of hydrogen-bond donors (Lipinski definition) is 1. The lowest BCUT2D eigenvalue weighted by molar-refractivity contribution is 0.102. The molecular weight excluding hydrogens is 378 g/mol. The Morgan fingerprint density at radius 1 is 1.21 bits per heavy atom. The van der Waals surface area contributed by atoms with Crippen molar-refractivity contribution in [1.29, 1.82) is 0 Å². The van der Waals surface area contributed by atoms with Crippen LogP contribution in [0.2, 0.25) is 0 Å². The summed E-state index contributed by atoms with van der Waals surface area (Å²) in [6.07, 6.45) is 1.63. The summed E-state index contributed by atoms with van der Waals surface area (Å²) in [6, 6.07) is 6.29. The van der Waals surface area contributed by atoms with E-state index in [1.165, 1.54) is 12.1 Å². The topological polar surface area (TPSA) is 92.5 Å². The Hall–Kier alpha value is -2.19. The number of piperidine rings is 1. The van der Waals surface area contributed by atoms with Gasteiger partial charge in [-0.1, -0.05) is 25.9 Å². The second-order valence-corrected chi connectivity index (χ2v) is 9.60. The predicted octanol–water partition coefficient (Wildman–Crippen LogP) is 3.46. The maximum atomic E-state index is 12.9. The van der Waals surface area contributed by atoms with Gasteiger partial charge in [-0.2, -0.15) is 4.31 Å². The van der Waals surface area contributed by atoms with E-state index in [1.54, 1.807) is 23.4 Å². The minimum absolute atomic E-state index is 0.238. The van der Waals surface area contributed by atoms with Crippen molar-refractivity contribution in [2.24, 2.45) is 11.8 Å². The number of aryl methyl sites for hydroxylation is 2. The fourth-order valence-electron chi connectivity index (χ4n) is 3.81. The molecule has 1 amide bonds. The highest BCUT2D eigenvalue weighted by atomic mass is 32.2. The van der Waals surface area contributed by atoms with E-state index in [0.717, 1.165) is 6.42 Å². The summed E-state index contributed by atoms with van der Waals surface area (Å²) in [4.78, 5) is 12.8. The molecule has 2 aromatic rings. The van der Waals surface area contributed by atoms with Crippen molar-refractivity contribution >= 4 is 21.6 Å². The molecule has 1 fully saturated rings. The van der Waals surface area contributed by atoms with Crippen molar-refractivity contribution in [3.05, 3.63) is 41.3 Å². The Kier molecular flexibility index (Phi) is 5.90. The zero-order valence-corrected chi connectivity index (χ0v) is 17.5. The van der Waals surface area contributed by atoms with Crippen molar-refractivity contribution in [1.82, 2.24) is 9.46 Å². The van der Waals surface area contributed by atoms with Crippen molar-refractivity contribution < 1.29 is 17.7 Å². The molecule has 0 saturated carbocycles. The molecule has 152 valence electrons. The van der Waals surface area contributed by atoms with Gasteiger partial charge >= 0.3 is 0 Å². The van der Waals surface area contributed by atoms with Crippen molar-refractivity contribution in [2.75, 3.05) is 18.4 Å². The van der Waals surface area contributed by atoms with Gasteiger partial charge < -0.3 is 9.84 Å². The molecule has 0 aliphatic carbocycles. The quantitative estimate of drug-likeness (QED) is 0.822. The number of sulfonamides is 1. The van der Waals surface area contributed by atoms with Crippen molar-refractivity contribution in [3.8, 4) is 0 Å². The van der Waals surface area contributed by atoms with E-state index in [9.17, 15) is 13.2 Å². The Labute approximate surface area is 166 Å². The molecule has 1 saturated heterocycles. The van der Waals surface area contributed by atoms with E-state index >= 15 is 0 Å². The summed E-state index contributed by atoms with van der Waals surface area (Å²) >= 11 is 0. The third-order valence-electron chi connectivity index (χ3n) is 5.08. The van der Waals surface area contributed by atoms with Gasteiger partial charge in [0.2, 0.25) is 10.0 Å². The molecule has 7 nitrogen and oxygen atoms in total. The average Bonchev–Trinajstić information content (AvgIpc) is 3.02. The SMILES string of the molecule is CCc1noc(C)c1C(=O)Nc1ccc(S(=O)(=O)N2C[C@@H](C)C[C@H](C)C2)cc1. The van der Waals surface area contributed by atoms with Gasteiger partial charge in [0, 0.05) is 18.8 Å². The molecule has 3 rings (SSSR count). The second-order valence-electron chi connectivity index (χ2n) is 7.66. The number of nitrogens with one attached hydrogen (secondary N) is 1. The summed E-state index contributed by atoms with van der Waals surface area (Å²) in [5, 5.41) is 6.67. The number of carbonyl (C=O) groups is 1. The normalized spacial score (nSPS) is 20.9. The summed E-state index contributed by atoms with van der Waals surface area (Å²) in [6.45, 7) is 8.82. The number of hydrogen-bond acceptors (Lipinski definition) is 5. The highest BCUT2D eigenvalue weighted by Gasteiger charge is 2.31. The van der Waals surface area contributed by atoms with Crippen LogP contribution in [-0.2, 0) is 16.4 Å². The maximum absolute atomic E-state index is 12.9. The number of aromatic nitrogens is 1. The van der Waals surface area contributed by atoms with Crippen LogP contribution in [0.5, 0.6) is 0 Å². The van der Waals surface area contributed by atoms with E-state index in [1.807, 2.05) is 6.92 Å². The fraction of sp³-hybridized carbons (Fsp3) is 0.500. The lowest BCUT2D eigenvalue weighted by Crippen LogP contribution is -2.42. The zero-order valence-electron chi connectivity index (χ0n) is 16.7. The van der Waals surface area contributed by atoms with Gasteiger partial charge in [0.1, 0.15) is 11.3 Å². The van der Waals surface area contributed by atoms with Crippen LogP contribution in [0.4, 0.5) is 5.69 Å². The molecule has 8 heteroatoms. The lowest BCUT2D eigenvalue weighted by Gasteiger charge is -2.34. The van der Waals surface area contributed by atoms with Crippen LogP contribution >= 0.6 is 0 Å². The molecule has 1 aliphatic heterocycles. The van der Waals surface area contributed by atoms with E-state index in [-0.39, 0.29) is 10.8 Å². The molecule has 0 spiro atoms. The summed E-state index contributed by atoms with van der Waals surface area (Å²) in [5.74, 6) is 0.833. The molecule has 1 aromatic heterocycles. The molecule has 1 N–H and O–H groups in total. The first kappa shape index (κ1) is 20.5. The first-order valence-electron chi connectivity index (χ1n) is 9.59. The Morgan fingerprint density at radius 2 is 1.82 bits per heavy atom.